The van der Waals surface area contributed by atoms with Gasteiger partial charge in [0.1, 0.15) is 0 Å². The number of hydroxylamine groups is 1. The van der Waals surface area contributed by atoms with Gasteiger partial charge in [-0.25, -0.2) is 4.79 Å². The van der Waals surface area contributed by atoms with Crippen LogP contribution in [-0.2, 0) is 9.63 Å². The molecule has 7 heteroatoms. The average molecular weight is 199 g/mol. The van der Waals surface area contributed by atoms with Crippen LogP contribution in [0.5, 0.6) is 0 Å². The van der Waals surface area contributed by atoms with Crippen LogP contribution in [0.1, 0.15) is 0 Å². The quantitative estimate of drug-likeness (QED) is 0.389. The number of nitrogens with one attached hydrogen (secondary N) is 1. The van der Waals surface area contributed by atoms with Crippen LogP contribution in [-0.4, -0.2) is 30.4 Å². The summed E-state index contributed by atoms with van der Waals surface area (Å²) in [5.74, 6) is -1.17. The monoisotopic (exact) mass is 199 g/mol. The summed E-state index contributed by atoms with van der Waals surface area (Å²) in [5, 5.41) is 8.06. The summed E-state index contributed by atoms with van der Waals surface area (Å²) in [7, 11) is 0. The van der Waals surface area contributed by atoms with E-state index in [0.717, 1.165) is 12.2 Å². The first-order valence-electron chi connectivity index (χ1n) is 3.22. The Morgan fingerprint density at radius 3 is 2.62 bits per heavy atom. The SMILES string of the molecule is O=C(O)/C=C/CNOCC(F)(F)F. The first kappa shape index (κ1) is 11.9. The van der Waals surface area contributed by atoms with Crippen LogP contribution in [0.3, 0.4) is 0 Å². The van der Waals surface area contributed by atoms with E-state index in [9.17, 15) is 18.0 Å². The summed E-state index contributed by atoms with van der Waals surface area (Å²) < 4.78 is 34.2. The van der Waals surface area contributed by atoms with Gasteiger partial charge in [0.25, 0.3) is 0 Å². The predicted molar refractivity (Wildman–Crippen MR) is 36.8 cm³/mol. The van der Waals surface area contributed by atoms with E-state index < -0.39 is 18.8 Å². The number of carbonyl (C=O) groups is 1. The van der Waals surface area contributed by atoms with E-state index in [1.807, 2.05) is 5.48 Å². The lowest BCUT2D eigenvalue weighted by Gasteiger charge is -2.06. The van der Waals surface area contributed by atoms with Crippen LogP contribution in [0.25, 0.3) is 0 Å². The van der Waals surface area contributed by atoms with E-state index in [2.05, 4.69) is 4.84 Å². The summed E-state index contributed by atoms with van der Waals surface area (Å²) in [5.41, 5.74) is 1.93. The van der Waals surface area contributed by atoms with Crippen LogP contribution in [0, 0.1) is 0 Å². The number of hydrogen-bond donors (Lipinski definition) is 2. The van der Waals surface area contributed by atoms with Gasteiger partial charge in [-0.1, -0.05) is 6.08 Å². The molecule has 2 N–H and O–H groups in total. The van der Waals surface area contributed by atoms with Crippen molar-refractivity contribution in [1.29, 1.82) is 0 Å². The Balaban J connectivity index is 3.32. The van der Waals surface area contributed by atoms with Crippen LogP contribution in [0.4, 0.5) is 13.2 Å². The minimum atomic E-state index is -4.39. The molecule has 4 nitrogen and oxygen atoms in total. The highest BCUT2D eigenvalue weighted by Crippen LogP contribution is 2.13. The minimum Gasteiger partial charge on any atom is -0.478 e. The van der Waals surface area contributed by atoms with Crippen molar-refractivity contribution in [3.05, 3.63) is 12.2 Å². The second kappa shape index (κ2) is 5.55. The molecule has 0 aromatic heterocycles. The van der Waals surface area contributed by atoms with Gasteiger partial charge in [0.05, 0.1) is 0 Å². The summed E-state index contributed by atoms with van der Waals surface area (Å²) in [6.45, 7) is -1.50. The Morgan fingerprint density at radius 1 is 1.54 bits per heavy atom. The molecule has 0 unspecified atom stereocenters. The number of aliphatic carboxylic acids is 1. The molecule has 0 spiro atoms. The van der Waals surface area contributed by atoms with Gasteiger partial charge in [0.15, 0.2) is 6.61 Å². The third-order valence-corrected chi connectivity index (χ3v) is 0.800. The number of alkyl halides is 3. The molecule has 0 atom stereocenters. The molecule has 0 saturated carbocycles. The van der Waals surface area contributed by atoms with E-state index in [1.165, 1.54) is 0 Å². The zero-order valence-electron chi connectivity index (χ0n) is 6.47. The van der Waals surface area contributed by atoms with Gasteiger partial charge in [-0.3, -0.25) is 4.84 Å². The van der Waals surface area contributed by atoms with Crippen LogP contribution in [0.15, 0.2) is 12.2 Å². The minimum absolute atomic E-state index is 0.0949. The Labute approximate surface area is 71.9 Å². The van der Waals surface area contributed by atoms with Gasteiger partial charge < -0.3 is 5.11 Å². The molecule has 0 aliphatic rings. The van der Waals surface area contributed by atoms with Crippen molar-refractivity contribution in [3.63, 3.8) is 0 Å². The number of hydrogen-bond acceptors (Lipinski definition) is 3. The number of halogens is 3. The van der Waals surface area contributed by atoms with Gasteiger partial charge in [-0.05, 0) is 0 Å². The second-order valence-corrected chi connectivity index (χ2v) is 1.99. The lowest BCUT2D eigenvalue weighted by molar-refractivity contribution is -0.188. The molecule has 0 fully saturated rings. The first-order chi connectivity index (χ1) is 5.92. The maximum absolute atomic E-state index is 11.4. The third-order valence-electron chi connectivity index (χ3n) is 0.800. The summed E-state index contributed by atoms with van der Waals surface area (Å²) in [6, 6.07) is 0. The fraction of sp³-hybridized carbons (Fsp3) is 0.500. The lowest BCUT2D eigenvalue weighted by Crippen LogP contribution is -2.24. The molecule has 0 saturated heterocycles. The van der Waals surface area contributed by atoms with E-state index in [4.69, 9.17) is 5.11 Å². The average Bonchev–Trinajstić information content (AvgIpc) is 1.93. The summed E-state index contributed by atoms with van der Waals surface area (Å²) in [4.78, 5) is 13.8. The largest absolute Gasteiger partial charge is 0.478 e. The molecule has 0 heterocycles. The summed E-state index contributed by atoms with van der Waals surface area (Å²) in [6.07, 6.45) is -2.47. The van der Waals surface area contributed by atoms with Gasteiger partial charge in [-0.2, -0.15) is 18.7 Å². The van der Waals surface area contributed by atoms with Gasteiger partial charge in [0.2, 0.25) is 0 Å². The fourth-order valence-corrected chi connectivity index (χ4v) is 0.400. The zero-order valence-corrected chi connectivity index (χ0v) is 6.47. The molecular weight excluding hydrogens is 191 g/mol. The van der Waals surface area contributed by atoms with Crippen molar-refractivity contribution in [2.75, 3.05) is 13.2 Å². The van der Waals surface area contributed by atoms with Crippen molar-refractivity contribution in [2.45, 2.75) is 6.18 Å². The number of carboxylic acid groups (broad SMARTS) is 1. The van der Waals surface area contributed by atoms with Crippen LogP contribution < -0.4 is 5.48 Å². The van der Waals surface area contributed by atoms with Crippen molar-refractivity contribution in [3.8, 4) is 0 Å². The zero-order chi connectivity index (χ0) is 10.3. The van der Waals surface area contributed by atoms with E-state index in [0.29, 0.717) is 0 Å². The summed E-state index contributed by atoms with van der Waals surface area (Å²) >= 11 is 0. The van der Waals surface area contributed by atoms with Crippen molar-refractivity contribution >= 4 is 5.97 Å². The molecule has 13 heavy (non-hydrogen) atoms. The molecule has 0 rings (SSSR count). The Morgan fingerprint density at radius 2 is 2.15 bits per heavy atom. The maximum atomic E-state index is 11.4. The van der Waals surface area contributed by atoms with Gasteiger partial charge >= 0.3 is 12.1 Å². The van der Waals surface area contributed by atoms with Gasteiger partial charge in [-0.15, -0.1) is 0 Å². The van der Waals surface area contributed by atoms with Crippen molar-refractivity contribution in [1.82, 2.24) is 5.48 Å². The van der Waals surface area contributed by atoms with Gasteiger partial charge in [0, 0.05) is 12.6 Å². The molecule has 0 aromatic carbocycles. The standard InChI is InChI=1S/C6H8F3NO3/c7-6(8,9)4-13-10-3-1-2-5(11)12/h1-2,10H,3-4H2,(H,11,12)/b2-1+. The third kappa shape index (κ3) is 10.9. The van der Waals surface area contributed by atoms with E-state index >= 15 is 0 Å². The topological polar surface area (TPSA) is 58.6 Å². The fourth-order valence-electron chi connectivity index (χ4n) is 0.400. The number of carboxylic acids is 1. The smallest absolute Gasteiger partial charge is 0.413 e. The normalized spacial score (nSPS) is 12.2. The van der Waals surface area contributed by atoms with Crippen molar-refractivity contribution in [2.24, 2.45) is 0 Å². The number of rotatable bonds is 5. The Hall–Kier alpha value is -1.08. The molecule has 0 amide bonds. The molecular formula is C6H8F3NO3. The van der Waals surface area contributed by atoms with Crippen LogP contribution in [0.2, 0.25) is 0 Å². The van der Waals surface area contributed by atoms with Crippen LogP contribution >= 0.6 is 0 Å². The van der Waals surface area contributed by atoms with Crippen molar-refractivity contribution < 1.29 is 27.9 Å². The molecule has 0 bridgehead atoms. The highest BCUT2D eigenvalue weighted by Gasteiger charge is 2.27. The molecule has 76 valence electrons. The Kier molecular flexibility index (Phi) is 5.09. The molecule has 0 aliphatic carbocycles. The van der Waals surface area contributed by atoms with E-state index in [1.54, 1.807) is 0 Å². The van der Waals surface area contributed by atoms with E-state index in [-0.39, 0.29) is 6.54 Å². The lowest BCUT2D eigenvalue weighted by atomic mass is 10.5. The predicted octanol–water partition coefficient (Wildman–Crippen LogP) is 0.711. The Bertz CT molecular complexity index is 190. The second-order valence-electron chi connectivity index (χ2n) is 1.99. The highest BCUT2D eigenvalue weighted by atomic mass is 19.4. The first-order valence-corrected chi connectivity index (χ1v) is 3.22. The highest BCUT2D eigenvalue weighted by molar-refractivity contribution is 5.79. The molecule has 0 radical (unpaired) electrons. The molecule has 0 aromatic rings. The molecule has 0 aliphatic heterocycles. The maximum Gasteiger partial charge on any atom is 0.413 e.